The fourth-order valence-corrected chi connectivity index (χ4v) is 1.65. The van der Waals surface area contributed by atoms with Gasteiger partial charge in [0.1, 0.15) is 5.75 Å². The number of hydrogen-bond donors (Lipinski definition) is 2. The highest BCUT2D eigenvalue weighted by Crippen LogP contribution is 2.22. The molecule has 1 aliphatic rings. The summed E-state index contributed by atoms with van der Waals surface area (Å²) in [6.45, 7) is 0. The molecule has 1 heterocycles. The van der Waals surface area contributed by atoms with E-state index in [1.165, 1.54) is 24.1 Å². The summed E-state index contributed by atoms with van der Waals surface area (Å²) in [6, 6.07) is 5.98. The summed E-state index contributed by atoms with van der Waals surface area (Å²) in [4.78, 5) is 1.31. The Morgan fingerprint density at radius 3 is 2.35 bits per heavy atom. The quantitative estimate of drug-likeness (QED) is 0.548. The van der Waals surface area contributed by atoms with Crippen LogP contribution < -0.4 is 4.90 Å². The third kappa shape index (κ3) is 2.30. The lowest BCUT2D eigenvalue weighted by atomic mass is 10.3. The lowest BCUT2D eigenvalue weighted by Crippen LogP contribution is -2.51. The van der Waals surface area contributed by atoms with Gasteiger partial charge in [0.25, 0.3) is 5.96 Å². The van der Waals surface area contributed by atoms with E-state index in [1.54, 1.807) is 12.1 Å². The molecule has 2 N–H and O–H groups in total. The first-order valence-electron chi connectivity index (χ1n) is 4.44. The number of hydrogen-bond acceptors (Lipinski definition) is 6. The van der Waals surface area contributed by atoms with Crippen LogP contribution in [0.5, 0.6) is 5.75 Å². The smallest absolute Gasteiger partial charge is 0.446 e. The molecule has 0 saturated carbocycles. The van der Waals surface area contributed by atoms with E-state index < -0.39 is 10.4 Å². The minimum absolute atomic E-state index is 0.0905. The van der Waals surface area contributed by atoms with Gasteiger partial charge in [0, 0.05) is 12.7 Å². The van der Waals surface area contributed by atoms with Crippen LogP contribution in [0.4, 0.5) is 5.69 Å². The predicted molar refractivity (Wildman–Crippen MR) is 57.2 cm³/mol. The molecule has 1 aromatic rings. The van der Waals surface area contributed by atoms with E-state index in [4.69, 9.17) is 10.5 Å². The molecule has 8 nitrogen and oxygen atoms in total. The number of guanidine groups is 1. The van der Waals surface area contributed by atoms with Crippen molar-refractivity contribution >= 4 is 22.0 Å². The molecule has 92 valence electrons. The van der Waals surface area contributed by atoms with E-state index in [9.17, 15) is 8.42 Å². The molecule has 0 radical (unpaired) electrons. The maximum Gasteiger partial charge on any atom is 0.446 e. The van der Waals surface area contributed by atoms with Crippen LogP contribution in [0, 0.1) is 5.41 Å². The molecule has 0 atom stereocenters. The van der Waals surface area contributed by atoms with Crippen molar-refractivity contribution in [2.45, 2.75) is 0 Å². The van der Waals surface area contributed by atoms with Crippen molar-refractivity contribution in [1.29, 1.82) is 5.41 Å². The SMILES string of the molecule is CN(C(=N)N1OS(=O)(=O)O1)c1ccc(O)cc1. The topological polar surface area (TPSA) is 103 Å². The highest BCUT2D eigenvalue weighted by molar-refractivity contribution is 7.82. The number of phenols is 1. The molecule has 0 unspecified atom stereocenters. The first kappa shape index (κ1) is 11.6. The fraction of sp³-hybridized carbons (Fsp3) is 0.125. The summed E-state index contributed by atoms with van der Waals surface area (Å²) in [5.74, 6) is -0.224. The Hall–Kier alpha value is -1.84. The van der Waals surface area contributed by atoms with Crippen LogP contribution in [-0.4, -0.2) is 31.8 Å². The second-order valence-corrected chi connectivity index (χ2v) is 4.33. The van der Waals surface area contributed by atoms with Crippen LogP contribution in [-0.2, 0) is 19.0 Å². The molecule has 1 aliphatic heterocycles. The monoisotopic (exact) mass is 259 g/mol. The van der Waals surface area contributed by atoms with Gasteiger partial charge in [0.05, 0.1) is 0 Å². The van der Waals surface area contributed by atoms with Crippen molar-refractivity contribution in [2.24, 2.45) is 0 Å². The van der Waals surface area contributed by atoms with Crippen molar-refractivity contribution in [3.05, 3.63) is 24.3 Å². The Kier molecular flexibility index (Phi) is 2.65. The molecule has 0 aliphatic carbocycles. The Morgan fingerprint density at radius 1 is 1.35 bits per heavy atom. The van der Waals surface area contributed by atoms with E-state index in [0.29, 0.717) is 10.9 Å². The molecule has 1 saturated heterocycles. The number of hydroxylamine groups is 2. The summed E-state index contributed by atoms with van der Waals surface area (Å²) in [7, 11) is -2.46. The van der Waals surface area contributed by atoms with Crippen LogP contribution in [0.25, 0.3) is 0 Å². The fourth-order valence-electron chi connectivity index (χ4n) is 1.16. The third-order valence-electron chi connectivity index (χ3n) is 2.05. The number of nitrogens with zero attached hydrogens (tertiary/aromatic N) is 2. The van der Waals surface area contributed by atoms with Crippen LogP contribution in [0.15, 0.2) is 24.3 Å². The van der Waals surface area contributed by atoms with E-state index in [-0.39, 0.29) is 11.7 Å². The van der Waals surface area contributed by atoms with Crippen LogP contribution in [0.1, 0.15) is 0 Å². The molecule has 0 amide bonds. The summed E-state index contributed by atoms with van der Waals surface area (Å²) >= 11 is 0. The predicted octanol–water partition coefficient (Wildman–Crippen LogP) is 0.187. The maximum absolute atomic E-state index is 10.6. The molecule has 9 heteroatoms. The zero-order valence-electron chi connectivity index (χ0n) is 8.69. The molecular weight excluding hydrogens is 250 g/mol. The van der Waals surface area contributed by atoms with Crippen molar-refractivity contribution in [2.75, 3.05) is 11.9 Å². The molecular formula is C8H9N3O5S. The van der Waals surface area contributed by atoms with Gasteiger partial charge >= 0.3 is 10.4 Å². The molecule has 0 spiro atoms. The molecule has 0 bridgehead atoms. The lowest BCUT2D eigenvalue weighted by Gasteiger charge is -2.31. The standard InChI is InChI=1S/C8H9N3O5S/c1-10(6-2-4-7(12)5-3-6)8(9)11-15-17(13,14)16-11/h2-5,9,12H,1H3. The van der Waals surface area contributed by atoms with Crippen molar-refractivity contribution in [3.8, 4) is 5.75 Å². The van der Waals surface area contributed by atoms with E-state index in [1.807, 2.05) is 0 Å². The van der Waals surface area contributed by atoms with Gasteiger partial charge in [-0.2, -0.15) is 8.42 Å². The number of nitrogens with one attached hydrogen (secondary N) is 1. The maximum atomic E-state index is 10.6. The number of phenolic OH excluding ortho intramolecular Hbond substituents is 1. The molecule has 2 rings (SSSR count). The summed E-state index contributed by atoms with van der Waals surface area (Å²) in [6.07, 6.45) is 0. The second-order valence-electron chi connectivity index (χ2n) is 3.21. The molecule has 17 heavy (non-hydrogen) atoms. The first-order chi connectivity index (χ1) is 7.89. The zero-order valence-corrected chi connectivity index (χ0v) is 9.51. The van der Waals surface area contributed by atoms with Gasteiger partial charge in [0.15, 0.2) is 0 Å². The van der Waals surface area contributed by atoms with E-state index in [0.717, 1.165) is 0 Å². The zero-order chi connectivity index (χ0) is 12.6. The van der Waals surface area contributed by atoms with Crippen LogP contribution in [0.3, 0.4) is 0 Å². The summed E-state index contributed by atoms with van der Waals surface area (Å²) in [5, 5.41) is 17.2. The molecule has 1 fully saturated rings. The molecule has 0 aromatic heterocycles. The average molecular weight is 259 g/mol. The van der Waals surface area contributed by atoms with Gasteiger partial charge in [-0.15, -0.1) is 0 Å². The number of aromatic hydroxyl groups is 1. The van der Waals surface area contributed by atoms with Crippen molar-refractivity contribution < 1.29 is 22.1 Å². The minimum atomic E-state index is -3.98. The van der Waals surface area contributed by atoms with Crippen molar-refractivity contribution in [3.63, 3.8) is 0 Å². The Morgan fingerprint density at radius 2 is 1.88 bits per heavy atom. The van der Waals surface area contributed by atoms with Crippen molar-refractivity contribution in [1.82, 2.24) is 5.23 Å². The highest BCUT2D eigenvalue weighted by atomic mass is 32.3. The number of benzene rings is 1. The minimum Gasteiger partial charge on any atom is -0.508 e. The number of rotatable bonds is 1. The highest BCUT2D eigenvalue weighted by Gasteiger charge is 2.39. The number of anilines is 1. The van der Waals surface area contributed by atoms with Crippen LogP contribution >= 0.6 is 0 Å². The summed E-state index contributed by atoms with van der Waals surface area (Å²) in [5.41, 5.74) is 0.560. The Bertz CT molecular complexity index is 529. The van der Waals surface area contributed by atoms with E-state index in [2.05, 4.69) is 8.57 Å². The van der Waals surface area contributed by atoms with Gasteiger partial charge in [0.2, 0.25) is 0 Å². The summed E-state index contributed by atoms with van der Waals surface area (Å²) < 4.78 is 29.6. The lowest BCUT2D eigenvalue weighted by molar-refractivity contribution is -0.269. The van der Waals surface area contributed by atoms with Gasteiger partial charge in [-0.3, -0.25) is 5.41 Å². The van der Waals surface area contributed by atoms with Gasteiger partial charge in [-0.1, -0.05) is 13.8 Å². The second kappa shape index (κ2) is 3.87. The van der Waals surface area contributed by atoms with Gasteiger partial charge < -0.3 is 10.0 Å². The first-order valence-corrected chi connectivity index (χ1v) is 5.78. The molecule has 1 aromatic carbocycles. The third-order valence-corrected chi connectivity index (χ3v) is 2.68. The van der Waals surface area contributed by atoms with Gasteiger partial charge in [-0.25, -0.2) is 0 Å². The van der Waals surface area contributed by atoms with E-state index >= 15 is 0 Å². The largest absolute Gasteiger partial charge is 0.508 e. The van der Waals surface area contributed by atoms with Gasteiger partial charge in [-0.05, 0) is 24.3 Å². The Labute approximate surface area is 97.3 Å². The average Bonchev–Trinajstić information content (AvgIpc) is 2.25. The normalized spacial score (nSPS) is 17.4. The van der Waals surface area contributed by atoms with Crippen LogP contribution in [0.2, 0.25) is 0 Å². The Balaban J connectivity index is 2.08.